The molecule has 0 radical (unpaired) electrons. The quantitative estimate of drug-likeness (QED) is 0.732. The maximum atomic E-state index is 9.19. The summed E-state index contributed by atoms with van der Waals surface area (Å²) in [6.07, 6.45) is 10.6. The molecule has 0 spiro atoms. The topological polar surface area (TPSA) is 32.0 Å². The SMILES string of the molecule is N#CCN1CCn2c3c(c4cc(C5CCCCC5)ccc42)CCC[C@H]31. The number of fused-ring (bicyclic) bond motifs is 3. The molecule has 1 fully saturated rings. The van der Waals surface area contributed by atoms with Gasteiger partial charge in [0, 0.05) is 29.7 Å². The van der Waals surface area contributed by atoms with Crippen LogP contribution in [0, 0.1) is 11.3 Å². The van der Waals surface area contributed by atoms with Crippen molar-refractivity contribution in [1.29, 1.82) is 5.26 Å². The van der Waals surface area contributed by atoms with Gasteiger partial charge in [0.15, 0.2) is 0 Å². The van der Waals surface area contributed by atoms with E-state index in [1.165, 1.54) is 68.0 Å². The van der Waals surface area contributed by atoms with Crippen molar-refractivity contribution in [3.8, 4) is 6.07 Å². The zero-order chi connectivity index (χ0) is 16.8. The maximum absolute atomic E-state index is 9.19. The summed E-state index contributed by atoms with van der Waals surface area (Å²) in [5.41, 5.74) is 6.13. The molecule has 25 heavy (non-hydrogen) atoms. The molecule has 2 heterocycles. The summed E-state index contributed by atoms with van der Waals surface area (Å²) in [5, 5.41) is 10.7. The van der Waals surface area contributed by atoms with Crippen LogP contribution in [0.15, 0.2) is 18.2 Å². The fourth-order valence-corrected chi connectivity index (χ4v) is 5.66. The van der Waals surface area contributed by atoms with Gasteiger partial charge in [0.05, 0.1) is 18.7 Å². The Labute approximate surface area is 150 Å². The lowest BCUT2D eigenvalue weighted by Gasteiger charge is -2.38. The van der Waals surface area contributed by atoms with E-state index in [0.29, 0.717) is 12.6 Å². The van der Waals surface area contributed by atoms with Crippen molar-refractivity contribution in [2.45, 2.75) is 69.9 Å². The third kappa shape index (κ3) is 2.42. The second-order valence-electron chi connectivity index (χ2n) is 8.16. The Hall–Kier alpha value is -1.79. The Morgan fingerprint density at radius 3 is 2.76 bits per heavy atom. The maximum Gasteiger partial charge on any atom is 0.0872 e. The highest BCUT2D eigenvalue weighted by molar-refractivity contribution is 5.87. The third-order valence-electron chi connectivity index (χ3n) is 6.86. The summed E-state index contributed by atoms with van der Waals surface area (Å²) in [7, 11) is 0. The molecule has 1 atom stereocenters. The second-order valence-corrected chi connectivity index (χ2v) is 8.16. The Morgan fingerprint density at radius 2 is 1.92 bits per heavy atom. The van der Waals surface area contributed by atoms with Gasteiger partial charge in [-0.2, -0.15) is 5.26 Å². The van der Waals surface area contributed by atoms with E-state index in [1.807, 2.05) is 0 Å². The standard InChI is InChI=1S/C22H27N3/c23-11-12-24-13-14-25-20-10-9-17(16-5-2-1-3-6-16)15-19(20)18-7-4-8-21(24)22(18)25/h9-10,15-16,21H,1-8,12-14H2/t21-/m1/s1. The average molecular weight is 333 g/mol. The minimum Gasteiger partial charge on any atom is -0.342 e. The van der Waals surface area contributed by atoms with Gasteiger partial charge in [-0.05, 0) is 61.3 Å². The van der Waals surface area contributed by atoms with E-state index in [2.05, 4.69) is 33.7 Å². The number of benzene rings is 1. The Kier molecular flexibility index (Phi) is 3.82. The molecule has 0 saturated heterocycles. The van der Waals surface area contributed by atoms with Crippen LogP contribution in [0.4, 0.5) is 0 Å². The number of nitrogens with zero attached hydrogens (tertiary/aromatic N) is 3. The lowest BCUT2D eigenvalue weighted by atomic mass is 9.83. The summed E-state index contributed by atoms with van der Waals surface area (Å²) in [5.74, 6) is 0.775. The van der Waals surface area contributed by atoms with Crippen molar-refractivity contribution in [3.63, 3.8) is 0 Å². The van der Waals surface area contributed by atoms with Crippen molar-refractivity contribution >= 4 is 10.9 Å². The van der Waals surface area contributed by atoms with E-state index in [9.17, 15) is 5.26 Å². The van der Waals surface area contributed by atoms with Crippen LogP contribution in [0.3, 0.4) is 0 Å². The van der Waals surface area contributed by atoms with Crippen LogP contribution in [-0.4, -0.2) is 22.6 Å². The molecule has 0 amide bonds. The summed E-state index contributed by atoms with van der Waals surface area (Å²) in [4.78, 5) is 2.40. The molecular weight excluding hydrogens is 306 g/mol. The van der Waals surface area contributed by atoms with Gasteiger partial charge in [-0.15, -0.1) is 0 Å². The molecule has 0 N–H and O–H groups in total. The van der Waals surface area contributed by atoms with Crippen LogP contribution in [-0.2, 0) is 13.0 Å². The van der Waals surface area contributed by atoms with Gasteiger partial charge in [-0.3, -0.25) is 4.90 Å². The van der Waals surface area contributed by atoms with Gasteiger partial charge in [-0.25, -0.2) is 0 Å². The molecule has 3 heteroatoms. The third-order valence-corrected chi connectivity index (χ3v) is 6.86. The van der Waals surface area contributed by atoms with Gasteiger partial charge in [0.25, 0.3) is 0 Å². The van der Waals surface area contributed by atoms with Crippen LogP contribution in [0.25, 0.3) is 10.9 Å². The first-order valence-corrected chi connectivity index (χ1v) is 10.1. The minimum atomic E-state index is 0.461. The lowest BCUT2D eigenvalue weighted by Crippen LogP contribution is -2.39. The molecule has 1 aliphatic heterocycles. The normalized spacial score (nSPS) is 24.2. The first-order valence-electron chi connectivity index (χ1n) is 10.1. The van der Waals surface area contributed by atoms with E-state index in [1.54, 1.807) is 11.1 Å². The molecule has 2 aromatic rings. The number of hydrogen-bond donors (Lipinski definition) is 0. The molecular formula is C22H27N3. The zero-order valence-corrected chi connectivity index (χ0v) is 15.0. The molecule has 2 aliphatic carbocycles. The van der Waals surface area contributed by atoms with Crippen molar-refractivity contribution in [2.75, 3.05) is 13.1 Å². The average Bonchev–Trinajstić information content (AvgIpc) is 3.00. The van der Waals surface area contributed by atoms with E-state index in [0.717, 1.165) is 19.0 Å². The van der Waals surface area contributed by atoms with E-state index in [4.69, 9.17) is 0 Å². The van der Waals surface area contributed by atoms with Gasteiger partial charge >= 0.3 is 0 Å². The number of aryl methyl sites for hydroxylation is 1. The van der Waals surface area contributed by atoms with Crippen LogP contribution >= 0.6 is 0 Å². The van der Waals surface area contributed by atoms with E-state index in [-0.39, 0.29) is 0 Å². The lowest BCUT2D eigenvalue weighted by molar-refractivity contribution is 0.160. The van der Waals surface area contributed by atoms with E-state index < -0.39 is 0 Å². The molecule has 130 valence electrons. The van der Waals surface area contributed by atoms with E-state index >= 15 is 0 Å². The Bertz CT molecular complexity index is 835. The molecule has 1 saturated carbocycles. The number of aromatic nitrogens is 1. The van der Waals surface area contributed by atoms with Gasteiger partial charge < -0.3 is 4.57 Å². The highest BCUT2D eigenvalue weighted by Crippen LogP contribution is 2.43. The smallest absolute Gasteiger partial charge is 0.0872 e. The number of nitriles is 1. The first-order chi connectivity index (χ1) is 12.4. The molecule has 0 bridgehead atoms. The molecule has 3 aliphatic rings. The van der Waals surface area contributed by atoms with Crippen molar-refractivity contribution in [1.82, 2.24) is 9.47 Å². The van der Waals surface area contributed by atoms with Crippen LogP contribution < -0.4 is 0 Å². The number of rotatable bonds is 2. The monoisotopic (exact) mass is 333 g/mol. The predicted molar refractivity (Wildman–Crippen MR) is 101 cm³/mol. The predicted octanol–water partition coefficient (Wildman–Crippen LogP) is 4.91. The van der Waals surface area contributed by atoms with Gasteiger partial charge in [-0.1, -0.05) is 25.3 Å². The fourth-order valence-electron chi connectivity index (χ4n) is 5.66. The first kappa shape index (κ1) is 15.5. The molecule has 3 nitrogen and oxygen atoms in total. The molecule has 0 unspecified atom stereocenters. The highest BCUT2D eigenvalue weighted by Gasteiger charge is 2.34. The summed E-state index contributed by atoms with van der Waals surface area (Å²) >= 11 is 0. The Balaban J connectivity index is 1.61. The minimum absolute atomic E-state index is 0.461. The number of hydrogen-bond acceptors (Lipinski definition) is 2. The van der Waals surface area contributed by atoms with Crippen molar-refractivity contribution in [2.24, 2.45) is 0 Å². The molecule has 5 rings (SSSR count). The van der Waals surface area contributed by atoms with Crippen LogP contribution in [0.2, 0.25) is 0 Å². The van der Waals surface area contributed by atoms with Crippen molar-refractivity contribution in [3.05, 3.63) is 35.0 Å². The highest BCUT2D eigenvalue weighted by atomic mass is 15.2. The zero-order valence-electron chi connectivity index (χ0n) is 15.0. The van der Waals surface area contributed by atoms with Gasteiger partial charge in [0.1, 0.15) is 0 Å². The molecule has 1 aromatic heterocycles. The Morgan fingerprint density at radius 1 is 1.04 bits per heavy atom. The van der Waals surface area contributed by atoms with Crippen LogP contribution in [0.5, 0.6) is 0 Å². The summed E-state index contributed by atoms with van der Waals surface area (Å²) < 4.78 is 2.58. The summed E-state index contributed by atoms with van der Waals surface area (Å²) in [6, 6.07) is 10.2. The van der Waals surface area contributed by atoms with Gasteiger partial charge in [0.2, 0.25) is 0 Å². The van der Waals surface area contributed by atoms with Crippen molar-refractivity contribution < 1.29 is 0 Å². The largest absolute Gasteiger partial charge is 0.342 e. The van der Waals surface area contributed by atoms with Crippen LogP contribution in [0.1, 0.15) is 73.7 Å². The fraction of sp³-hybridized carbons (Fsp3) is 0.591. The molecule has 1 aromatic carbocycles. The second kappa shape index (κ2) is 6.18. The summed E-state index contributed by atoms with van der Waals surface area (Å²) in [6.45, 7) is 2.62.